The van der Waals surface area contributed by atoms with Crippen LogP contribution >= 0.6 is 11.6 Å². The second-order valence-electron chi connectivity index (χ2n) is 6.21. The Kier molecular flexibility index (Phi) is 4.67. The summed E-state index contributed by atoms with van der Waals surface area (Å²) < 4.78 is 0. The van der Waals surface area contributed by atoms with Gasteiger partial charge in [0.15, 0.2) is 0 Å². The van der Waals surface area contributed by atoms with E-state index in [1.807, 2.05) is 12.1 Å². The zero-order valence-corrected chi connectivity index (χ0v) is 13.1. The van der Waals surface area contributed by atoms with Crippen LogP contribution in [0.15, 0.2) is 18.2 Å². The summed E-state index contributed by atoms with van der Waals surface area (Å²) in [6, 6.07) is 7.84. The molecule has 0 aliphatic carbocycles. The molecule has 0 radical (unpaired) electrons. The lowest BCUT2D eigenvalue weighted by Crippen LogP contribution is -2.38. The molecule has 2 fully saturated rings. The lowest BCUT2D eigenvalue weighted by molar-refractivity contribution is 0.249. The molecule has 112 valence electrons. The molecule has 1 aromatic rings. The van der Waals surface area contributed by atoms with Crippen molar-refractivity contribution < 1.29 is 0 Å². The van der Waals surface area contributed by atoms with E-state index in [1.54, 1.807) is 6.07 Å². The minimum absolute atomic E-state index is 0.711. The van der Waals surface area contributed by atoms with E-state index in [-0.39, 0.29) is 0 Å². The molecule has 0 aromatic heterocycles. The Morgan fingerprint density at radius 1 is 1.14 bits per heavy atom. The van der Waals surface area contributed by atoms with Crippen molar-refractivity contribution in [2.75, 3.05) is 37.6 Å². The zero-order chi connectivity index (χ0) is 14.7. The second kappa shape index (κ2) is 6.68. The fourth-order valence-electron chi connectivity index (χ4n) is 3.55. The number of hydrogen-bond acceptors (Lipinski definition) is 3. The topological polar surface area (TPSA) is 30.3 Å². The van der Waals surface area contributed by atoms with E-state index in [4.69, 9.17) is 11.6 Å². The summed E-state index contributed by atoms with van der Waals surface area (Å²) >= 11 is 6.09. The summed E-state index contributed by atoms with van der Waals surface area (Å²) in [5, 5.41) is 9.97. The van der Waals surface area contributed by atoms with E-state index in [9.17, 15) is 5.26 Å². The van der Waals surface area contributed by atoms with Gasteiger partial charge in [0.2, 0.25) is 0 Å². The molecule has 0 bridgehead atoms. The number of nitriles is 1. The van der Waals surface area contributed by atoms with Crippen LogP contribution in [0, 0.1) is 17.2 Å². The molecule has 4 heteroatoms. The molecule has 0 N–H and O–H groups in total. The Morgan fingerprint density at radius 2 is 1.86 bits per heavy atom. The number of anilines is 1. The molecule has 2 aliphatic heterocycles. The average molecular weight is 304 g/mol. The molecule has 0 saturated carbocycles. The van der Waals surface area contributed by atoms with Gasteiger partial charge >= 0.3 is 0 Å². The third-order valence-corrected chi connectivity index (χ3v) is 4.99. The van der Waals surface area contributed by atoms with Crippen molar-refractivity contribution in [3.05, 3.63) is 28.8 Å². The molecule has 0 spiro atoms. The highest BCUT2D eigenvalue weighted by atomic mass is 35.5. The molecule has 2 heterocycles. The number of rotatable bonds is 3. The molecule has 0 unspecified atom stereocenters. The van der Waals surface area contributed by atoms with Crippen LogP contribution in [0.5, 0.6) is 0 Å². The number of piperidine rings is 1. The first kappa shape index (κ1) is 14.7. The van der Waals surface area contributed by atoms with E-state index in [1.165, 1.54) is 45.3 Å². The number of halogens is 1. The molecule has 3 rings (SSSR count). The van der Waals surface area contributed by atoms with E-state index in [2.05, 4.69) is 15.9 Å². The Balaban J connectivity index is 1.60. The number of benzene rings is 1. The molecule has 0 amide bonds. The molecule has 2 aliphatic rings. The minimum atomic E-state index is 0.711. The van der Waals surface area contributed by atoms with Crippen molar-refractivity contribution in [1.82, 2.24) is 4.90 Å². The van der Waals surface area contributed by atoms with Crippen molar-refractivity contribution in [3.8, 4) is 6.07 Å². The van der Waals surface area contributed by atoms with Gasteiger partial charge in [0.25, 0.3) is 0 Å². The summed E-state index contributed by atoms with van der Waals surface area (Å²) in [6.45, 7) is 5.90. The molecule has 21 heavy (non-hydrogen) atoms. The first-order valence-corrected chi connectivity index (χ1v) is 8.31. The Morgan fingerprint density at radius 3 is 2.52 bits per heavy atom. The van der Waals surface area contributed by atoms with Crippen molar-refractivity contribution in [1.29, 1.82) is 5.26 Å². The smallest absolute Gasteiger partial charge is 0.101 e. The van der Waals surface area contributed by atoms with Gasteiger partial charge < -0.3 is 9.80 Å². The van der Waals surface area contributed by atoms with Crippen LogP contribution in [0.3, 0.4) is 0 Å². The number of likely N-dealkylation sites (tertiary alicyclic amines) is 1. The van der Waals surface area contributed by atoms with Gasteiger partial charge in [0.05, 0.1) is 11.3 Å². The maximum Gasteiger partial charge on any atom is 0.101 e. The highest BCUT2D eigenvalue weighted by Crippen LogP contribution is 2.29. The Hall–Kier alpha value is -1.24. The van der Waals surface area contributed by atoms with E-state index in [0.29, 0.717) is 5.02 Å². The van der Waals surface area contributed by atoms with Crippen LogP contribution in [0.2, 0.25) is 5.02 Å². The van der Waals surface area contributed by atoms with Crippen LogP contribution < -0.4 is 4.90 Å². The molecule has 2 saturated heterocycles. The van der Waals surface area contributed by atoms with Gasteiger partial charge in [-0.05, 0) is 62.9 Å². The normalized spacial score (nSPS) is 20.7. The minimum Gasteiger partial charge on any atom is -0.370 e. The monoisotopic (exact) mass is 303 g/mol. The van der Waals surface area contributed by atoms with E-state index < -0.39 is 0 Å². The number of hydrogen-bond donors (Lipinski definition) is 0. The summed E-state index contributed by atoms with van der Waals surface area (Å²) in [6.07, 6.45) is 5.17. The maximum atomic E-state index is 9.26. The van der Waals surface area contributed by atoms with Gasteiger partial charge in [-0.3, -0.25) is 0 Å². The molecular formula is C17H22ClN3. The predicted molar refractivity (Wildman–Crippen MR) is 86.8 cm³/mol. The van der Waals surface area contributed by atoms with E-state index in [0.717, 1.165) is 30.3 Å². The first-order valence-electron chi connectivity index (χ1n) is 7.93. The third-order valence-electron chi connectivity index (χ3n) is 4.75. The summed E-state index contributed by atoms with van der Waals surface area (Å²) in [4.78, 5) is 4.94. The summed E-state index contributed by atoms with van der Waals surface area (Å²) in [5.41, 5.74) is 1.74. The van der Waals surface area contributed by atoms with Crippen molar-refractivity contribution in [2.24, 2.45) is 5.92 Å². The first-order chi connectivity index (χ1) is 10.3. The summed E-state index contributed by atoms with van der Waals surface area (Å²) in [5.74, 6) is 0.809. The molecule has 1 aromatic carbocycles. The fourth-order valence-corrected chi connectivity index (χ4v) is 3.71. The van der Waals surface area contributed by atoms with Crippen LogP contribution in [-0.4, -0.2) is 37.6 Å². The van der Waals surface area contributed by atoms with Crippen LogP contribution in [-0.2, 0) is 0 Å². The van der Waals surface area contributed by atoms with Crippen molar-refractivity contribution in [3.63, 3.8) is 0 Å². The van der Waals surface area contributed by atoms with Gasteiger partial charge in [-0.1, -0.05) is 11.6 Å². The fraction of sp³-hybridized carbons (Fsp3) is 0.588. The summed E-state index contributed by atoms with van der Waals surface area (Å²) in [7, 11) is 0. The molecular weight excluding hydrogens is 282 g/mol. The highest BCUT2D eigenvalue weighted by Gasteiger charge is 2.24. The van der Waals surface area contributed by atoms with Gasteiger partial charge in [-0.2, -0.15) is 5.26 Å². The standard InChI is InChI=1S/C17H22ClN3/c18-16-4-3-15(12-19)17(11-16)21-9-5-14(6-10-21)13-20-7-1-2-8-20/h3-4,11,14H,1-2,5-10,13H2. The SMILES string of the molecule is N#Cc1ccc(Cl)cc1N1CCC(CN2CCCC2)CC1. The van der Waals surface area contributed by atoms with Crippen LogP contribution in [0.25, 0.3) is 0 Å². The maximum absolute atomic E-state index is 9.26. The highest BCUT2D eigenvalue weighted by molar-refractivity contribution is 6.30. The largest absolute Gasteiger partial charge is 0.370 e. The van der Waals surface area contributed by atoms with Gasteiger partial charge in [0, 0.05) is 24.7 Å². The Bertz CT molecular complexity index is 523. The van der Waals surface area contributed by atoms with Gasteiger partial charge in [-0.15, -0.1) is 0 Å². The van der Waals surface area contributed by atoms with Crippen LogP contribution in [0.1, 0.15) is 31.2 Å². The average Bonchev–Trinajstić information content (AvgIpc) is 3.01. The quantitative estimate of drug-likeness (QED) is 0.856. The van der Waals surface area contributed by atoms with Crippen LogP contribution in [0.4, 0.5) is 5.69 Å². The van der Waals surface area contributed by atoms with E-state index >= 15 is 0 Å². The molecule has 0 atom stereocenters. The second-order valence-corrected chi connectivity index (χ2v) is 6.65. The number of nitrogens with zero attached hydrogens (tertiary/aromatic N) is 3. The predicted octanol–water partition coefficient (Wildman–Crippen LogP) is 3.52. The molecule has 3 nitrogen and oxygen atoms in total. The van der Waals surface area contributed by atoms with Crippen molar-refractivity contribution >= 4 is 17.3 Å². The zero-order valence-electron chi connectivity index (χ0n) is 12.4. The van der Waals surface area contributed by atoms with Gasteiger partial charge in [-0.25, -0.2) is 0 Å². The lowest BCUT2D eigenvalue weighted by Gasteiger charge is -2.35. The van der Waals surface area contributed by atoms with Crippen molar-refractivity contribution in [2.45, 2.75) is 25.7 Å². The van der Waals surface area contributed by atoms with Gasteiger partial charge in [0.1, 0.15) is 6.07 Å². The third kappa shape index (κ3) is 3.51. The Labute approximate surface area is 132 Å². The lowest BCUT2D eigenvalue weighted by atomic mass is 9.95.